The molecular formula is C18H32N4OS. The molecule has 0 aromatic carbocycles. The van der Waals surface area contributed by atoms with Crippen molar-refractivity contribution >= 4 is 17.2 Å². The van der Waals surface area contributed by atoms with E-state index in [0.29, 0.717) is 12.5 Å². The fraction of sp³-hybridized carbons (Fsp3) is 0.778. The first kappa shape index (κ1) is 19.3. The Kier molecular flexibility index (Phi) is 6.78. The molecule has 0 saturated carbocycles. The largest absolute Gasteiger partial charge is 0.349 e. The minimum Gasteiger partial charge on any atom is -0.349 e. The Labute approximate surface area is 150 Å². The van der Waals surface area contributed by atoms with Crippen molar-refractivity contribution in [3.63, 3.8) is 0 Å². The van der Waals surface area contributed by atoms with Gasteiger partial charge in [0.1, 0.15) is 0 Å². The minimum atomic E-state index is -0.291. The lowest BCUT2D eigenvalue weighted by atomic mass is 9.88. The molecule has 1 aromatic heterocycles. The van der Waals surface area contributed by atoms with Gasteiger partial charge in [0.25, 0.3) is 0 Å². The van der Waals surface area contributed by atoms with E-state index in [-0.39, 0.29) is 17.4 Å². The van der Waals surface area contributed by atoms with Gasteiger partial charge in [-0.1, -0.05) is 13.8 Å². The fourth-order valence-electron chi connectivity index (χ4n) is 3.55. The highest BCUT2D eigenvalue weighted by atomic mass is 32.1. The maximum absolute atomic E-state index is 12.6. The van der Waals surface area contributed by atoms with Crippen molar-refractivity contribution in [3.05, 3.63) is 16.1 Å². The molecule has 0 aliphatic carbocycles. The lowest BCUT2D eigenvalue weighted by molar-refractivity contribution is -0.128. The number of rotatable bonds is 7. The number of amides is 1. The van der Waals surface area contributed by atoms with Crippen LogP contribution in [0.1, 0.15) is 50.7 Å². The van der Waals surface area contributed by atoms with Crippen molar-refractivity contribution in [1.82, 2.24) is 15.2 Å². The fourth-order valence-corrected chi connectivity index (χ4v) is 4.15. The molecule has 0 bridgehead atoms. The molecule has 136 valence electrons. The van der Waals surface area contributed by atoms with Gasteiger partial charge in [-0.2, -0.15) is 0 Å². The average Bonchev–Trinajstić information content (AvgIpc) is 2.92. The van der Waals surface area contributed by atoms with Gasteiger partial charge in [-0.3, -0.25) is 9.69 Å². The number of nitrogens with one attached hydrogen (secondary N) is 1. The standard InChI is InChI=1S/C18H32N4OS/c1-13(2)9-18(4,12-19)21-17(23)15-5-7-22(8-6-15)10-16-11-24-14(3)20-16/h11,13,15H,5-10,12,19H2,1-4H3,(H,21,23). The van der Waals surface area contributed by atoms with Crippen LogP contribution in [0.25, 0.3) is 0 Å². The first-order valence-electron chi connectivity index (χ1n) is 8.97. The van der Waals surface area contributed by atoms with Crippen molar-refractivity contribution in [3.8, 4) is 0 Å². The number of piperidine rings is 1. The number of nitrogens with two attached hydrogens (primary N) is 1. The van der Waals surface area contributed by atoms with Crippen LogP contribution in [0.5, 0.6) is 0 Å². The summed E-state index contributed by atoms with van der Waals surface area (Å²) in [5.41, 5.74) is 6.77. The molecule has 24 heavy (non-hydrogen) atoms. The Morgan fingerprint density at radius 1 is 1.50 bits per heavy atom. The van der Waals surface area contributed by atoms with Gasteiger partial charge in [-0.25, -0.2) is 4.98 Å². The van der Waals surface area contributed by atoms with E-state index in [9.17, 15) is 4.79 Å². The Morgan fingerprint density at radius 2 is 2.17 bits per heavy atom. The van der Waals surface area contributed by atoms with Gasteiger partial charge >= 0.3 is 0 Å². The lowest BCUT2D eigenvalue weighted by Gasteiger charge is -2.35. The van der Waals surface area contributed by atoms with Crippen LogP contribution in [-0.4, -0.2) is 41.0 Å². The Hall–Kier alpha value is -0.980. The molecule has 3 N–H and O–H groups in total. The highest BCUT2D eigenvalue weighted by molar-refractivity contribution is 7.09. The molecule has 0 radical (unpaired) electrons. The number of hydrogen-bond acceptors (Lipinski definition) is 5. The van der Waals surface area contributed by atoms with Crippen LogP contribution in [-0.2, 0) is 11.3 Å². The molecular weight excluding hydrogens is 320 g/mol. The Balaban J connectivity index is 1.81. The smallest absolute Gasteiger partial charge is 0.223 e. The Morgan fingerprint density at radius 3 is 2.67 bits per heavy atom. The average molecular weight is 353 g/mol. The van der Waals surface area contributed by atoms with E-state index in [4.69, 9.17) is 5.73 Å². The van der Waals surface area contributed by atoms with Crippen LogP contribution in [0.3, 0.4) is 0 Å². The van der Waals surface area contributed by atoms with Crippen LogP contribution in [0.15, 0.2) is 5.38 Å². The summed E-state index contributed by atoms with van der Waals surface area (Å²) in [5.74, 6) is 0.798. The number of likely N-dealkylation sites (tertiary alicyclic amines) is 1. The third-order valence-electron chi connectivity index (χ3n) is 4.74. The maximum atomic E-state index is 12.6. The second kappa shape index (κ2) is 8.41. The van der Waals surface area contributed by atoms with Crippen molar-refractivity contribution in [2.24, 2.45) is 17.6 Å². The predicted molar refractivity (Wildman–Crippen MR) is 99.9 cm³/mol. The molecule has 5 nitrogen and oxygen atoms in total. The summed E-state index contributed by atoms with van der Waals surface area (Å²) in [6.07, 6.45) is 2.74. The normalized spacial score (nSPS) is 19.4. The number of aryl methyl sites for hydroxylation is 1. The highest BCUT2D eigenvalue weighted by Gasteiger charge is 2.31. The van der Waals surface area contributed by atoms with Crippen LogP contribution < -0.4 is 11.1 Å². The lowest BCUT2D eigenvalue weighted by Crippen LogP contribution is -2.54. The third kappa shape index (κ3) is 5.53. The van der Waals surface area contributed by atoms with E-state index in [1.807, 2.05) is 6.92 Å². The summed E-state index contributed by atoms with van der Waals surface area (Å²) in [5, 5.41) is 6.47. The van der Waals surface area contributed by atoms with Gasteiger partial charge < -0.3 is 11.1 Å². The second-order valence-corrected chi connectivity index (χ2v) is 8.82. The molecule has 2 heterocycles. The van der Waals surface area contributed by atoms with Gasteiger partial charge in [0, 0.05) is 29.9 Å². The maximum Gasteiger partial charge on any atom is 0.223 e. The van der Waals surface area contributed by atoms with Gasteiger partial charge in [0.2, 0.25) is 5.91 Å². The topological polar surface area (TPSA) is 71.2 Å². The van der Waals surface area contributed by atoms with E-state index >= 15 is 0 Å². The quantitative estimate of drug-likeness (QED) is 0.791. The molecule has 2 rings (SSSR count). The zero-order valence-electron chi connectivity index (χ0n) is 15.5. The molecule has 1 aromatic rings. The zero-order valence-corrected chi connectivity index (χ0v) is 16.3. The molecule has 1 amide bonds. The highest BCUT2D eigenvalue weighted by Crippen LogP contribution is 2.22. The van der Waals surface area contributed by atoms with Gasteiger partial charge in [-0.05, 0) is 52.1 Å². The van der Waals surface area contributed by atoms with Crippen LogP contribution >= 0.6 is 11.3 Å². The van der Waals surface area contributed by atoms with Crippen molar-refractivity contribution < 1.29 is 4.79 Å². The number of thiazole rings is 1. The van der Waals surface area contributed by atoms with Gasteiger partial charge in [0.05, 0.1) is 10.7 Å². The zero-order chi connectivity index (χ0) is 17.7. The predicted octanol–water partition coefficient (Wildman–Crippen LogP) is 2.54. The van der Waals surface area contributed by atoms with Crippen LogP contribution in [0, 0.1) is 18.8 Å². The van der Waals surface area contributed by atoms with Crippen molar-refractivity contribution in [1.29, 1.82) is 0 Å². The van der Waals surface area contributed by atoms with E-state index < -0.39 is 0 Å². The monoisotopic (exact) mass is 352 g/mol. The van der Waals surface area contributed by atoms with Crippen LogP contribution in [0.2, 0.25) is 0 Å². The molecule has 1 aliphatic rings. The molecule has 6 heteroatoms. The number of carbonyl (C=O) groups excluding carboxylic acids is 1. The molecule has 0 spiro atoms. The first-order valence-corrected chi connectivity index (χ1v) is 9.85. The third-order valence-corrected chi connectivity index (χ3v) is 5.57. The number of nitrogens with zero attached hydrogens (tertiary/aromatic N) is 2. The molecule has 1 unspecified atom stereocenters. The Bertz CT molecular complexity index is 537. The molecule has 1 fully saturated rings. The SMILES string of the molecule is Cc1nc(CN2CCC(C(=O)NC(C)(CN)CC(C)C)CC2)cs1. The number of aromatic nitrogens is 1. The van der Waals surface area contributed by atoms with Crippen molar-refractivity contribution in [2.45, 2.75) is 59.0 Å². The van der Waals surface area contributed by atoms with Crippen molar-refractivity contribution in [2.75, 3.05) is 19.6 Å². The number of hydrogen-bond donors (Lipinski definition) is 2. The van der Waals surface area contributed by atoms with E-state index in [0.717, 1.165) is 49.6 Å². The molecule has 1 aliphatic heterocycles. The summed E-state index contributed by atoms with van der Waals surface area (Å²) in [6, 6.07) is 0. The van der Waals surface area contributed by atoms with Gasteiger partial charge in [-0.15, -0.1) is 11.3 Å². The summed E-state index contributed by atoms with van der Waals surface area (Å²) in [6.45, 7) is 11.7. The van der Waals surface area contributed by atoms with E-state index in [1.165, 1.54) is 0 Å². The van der Waals surface area contributed by atoms with Gasteiger partial charge in [0.15, 0.2) is 0 Å². The number of carbonyl (C=O) groups is 1. The second-order valence-electron chi connectivity index (χ2n) is 7.76. The minimum absolute atomic E-state index is 0.108. The summed E-state index contributed by atoms with van der Waals surface area (Å²) in [7, 11) is 0. The molecule has 1 atom stereocenters. The van der Waals surface area contributed by atoms with E-state index in [1.54, 1.807) is 11.3 Å². The summed E-state index contributed by atoms with van der Waals surface area (Å²) < 4.78 is 0. The van der Waals surface area contributed by atoms with Crippen LogP contribution in [0.4, 0.5) is 0 Å². The summed E-state index contributed by atoms with van der Waals surface area (Å²) in [4.78, 5) is 19.6. The first-order chi connectivity index (χ1) is 11.3. The summed E-state index contributed by atoms with van der Waals surface area (Å²) >= 11 is 1.70. The van der Waals surface area contributed by atoms with E-state index in [2.05, 4.69) is 41.4 Å². The molecule has 1 saturated heterocycles.